The van der Waals surface area contributed by atoms with Crippen molar-refractivity contribution in [3.8, 4) is 0 Å². The van der Waals surface area contributed by atoms with Crippen LogP contribution >= 0.6 is 0 Å². The molecule has 168 valence electrons. The predicted molar refractivity (Wildman–Crippen MR) is 115 cm³/mol. The quantitative estimate of drug-likeness (QED) is 0.716. The lowest BCUT2D eigenvalue weighted by Gasteiger charge is -2.58. The first-order valence-electron chi connectivity index (χ1n) is 11.6. The number of hydrogen-bond acceptors (Lipinski definition) is 7. The number of hydrogen-bond donors (Lipinski definition) is 2. The van der Waals surface area contributed by atoms with Crippen LogP contribution in [0.2, 0.25) is 0 Å². The third kappa shape index (κ3) is 3.63. The molecule has 5 saturated carbocycles. The summed E-state index contributed by atoms with van der Waals surface area (Å²) < 4.78 is 23.5. The number of nitrogens with zero attached hydrogens (tertiary/aromatic N) is 3. The van der Waals surface area contributed by atoms with Gasteiger partial charge in [0.05, 0.1) is 28.4 Å². The molecule has 31 heavy (non-hydrogen) atoms. The van der Waals surface area contributed by atoms with E-state index < -0.39 is 15.4 Å². The molecular formula is C22H30N4O4S. The second-order valence-corrected chi connectivity index (χ2v) is 12.9. The van der Waals surface area contributed by atoms with Gasteiger partial charge in [-0.25, -0.2) is 18.4 Å². The predicted octanol–water partition coefficient (Wildman–Crippen LogP) is 1.26. The fraction of sp³-hybridized carbons (Fsp3) is 0.773. The molecule has 0 aromatic carbocycles. The van der Waals surface area contributed by atoms with Gasteiger partial charge >= 0.3 is 0 Å². The van der Waals surface area contributed by atoms with Crippen molar-refractivity contribution in [2.45, 2.75) is 62.5 Å². The van der Waals surface area contributed by atoms with Crippen LogP contribution in [-0.4, -0.2) is 65.6 Å². The smallest absolute Gasteiger partial charge is 0.254 e. The number of nitrogens with one attached hydrogen (secondary N) is 1. The molecule has 5 aliphatic carbocycles. The maximum atomic E-state index is 13.3. The highest BCUT2D eigenvalue weighted by atomic mass is 32.2. The lowest BCUT2D eigenvalue weighted by atomic mass is 9.52. The Morgan fingerprint density at radius 3 is 2.42 bits per heavy atom. The van der Waals surface area contributed by atoms with E-state index in [1.54, 1.807) is 6.20 Å². The molecule has 2 unspecified atom stereocenters. The number of sulfone groups is 1. The second-order valence-electron chi connectivity index (χ2n) is 10.6. The van der Waals surface area contributed by atoms with Crippen LogP contribution in [-0.2, 0) is 9.84 Å². The van der Waals surface area contributed by atoms with E-state index in [1.165, 1.54) is 0 Å². The van der Waals surface area contributed by atoms with Crippen molar-refractivity contribution in [2.24, 2.45) is 17.8 Å². The van der Waals surface area contributed by atoms with Crippen molar-refractivity contribution in [3.63, 3.8) is 0 Å². The summed E-state index contributed by atoms with van der Waals surface area (Å²) in [7, 11) is -2.97. The van der Waals surface area contributed by atoms with E-state index in [9.17, 15) is 18.3 Å². The van der Waals surface area contributed by atoms with Gasteiger partial charge in [-0.2, -0.15) is 0 Å². The number of carbonyl (C=O) groups excluding carboxylic acids is 1. The Kier molecular flexibility index (Phi) is 4.42. The number of anilines is 1. The van der Waals surface area contributed by atoms with Gasteiger partial charge in [0, 0.05) is 31.2 Å². The van der Waals surface area contributed by atoms with E-state index in [-0.39, 0.29) is 29.4 Å². The van der Waals surface area contributed by atoms with Crippen LogP contribution in [0.4, 0.5) is 5.95 Å². The monoisotopic (exact) mass is 446 g/mol. The van der Waals surface area contributed by atoms with Crippen molar-refractivity contribution < 1.29 is 18.3 Å². The minimum absolute atomic E-state index is 0.0980. The largest absolute Gasteiger partial charge is 0.390 e. The lowest BCUT2D eigenvalue weighted by Crippen LogP contribution is -2.61. The van der Waals surface area contributed by atoms with Crippen LogP contribution in [0.1, 0.15) is 66.9 Å². The summed E-state index contributed by atoms with van der Waals surface area (Å²) in [6, 6.07) is 0.128. The summed E-state index contributed by atoms with van der Waals surface area (Å²) in [6.07, 6.45) is 8.42. The summed E-state index contributed by atoms with van der Waals surface area (Å²) in [5.41, 5.74) is 0.852. The van der Waals surface area contributed by atoms with Gasteiger partial charge in [-0.15, -0.1) is 0 Å². The van der Waals surface area contributed by atoms with Gasteiger partial charge in [-0.1, -0.05) is 0 Å². The van der Waals surface area contributed by atoms with Gasteiger partial charge in [0.25, 0.3) is 5.91 Å². The maximum Gasteiger partial charge on any atom is 0.254 e. The van der Waals surface area contributed by atoms with E-state index in [0.29, 0.717) is 42.4 Å². The van der Waals surface area contributed by atoms with E-state index in [0.717, 1.165) is 50.6 Å². The van der Waals surface area contributed by atoms with Crippen molar-refractivity contribution in [1.82, 2.24) is 15.3 Å². The van der Waals surface area contributed by atoms with Crippen LogP contribution in [0, 0.1) is 17.8 Å². The molecule has 7 rings (SSSR count). The third-order valence-electron chi connectivity index (χ3n) is 8.18. The van der Waals surface area contributed by atoms with Crippen LogP contribution in [0.3, 0.4) is 0 Å². The summed E-state index contributed by atoms with van der Waals surface area (Å²) >= 11 is 0. The Morgan fingerprint density at radius 2 is 1.81 bits per heavy atom. The summed E-state index contributed by atoms with van der Waals surface area (Å²) in [6.45, 7) is 0.793. The topological polar surface area (TPSA) is 112 Å². The molecule has 2 atom stereocenters. The van der Waals surface area contributed by atoms with E-state index in [2.05, 4.69) is 10.3 Å². The standard InChI is InChI=1S/C22H30N4O4S/c27-20(24-18-15-7-13-8-16(18)11-22(28,9-13)10-15)17-12-23-21(25-19(17)14-1-2-14)26-3-5-31(29,30)6-4-26/h12-16,18,28H,1-11H2,(H,24,27). The van der Waals surface area contributed by atoms with E-state index >= 15 is 0 Å². The number of amides is 1. The second kappa shape index (κ2) is 6.88. The zero-order chi connectivity index (χ0) is 21.4. The SMILES string of the molecule is O=C(NC1C2CC3CC1CC(O)(C3)C2)c1cnc(N2CCS(=O)(=O)CC2)nc1C1CC1. The van der Waals surface area contributed by atoms with Crippen LogP contribution in [0.25, 0.3) is 0 Å². The number of rotatable bonds is 4. The zero-order valence-electron chi connectivity index (χ0n) is 17.7. The van der Waals surface area contributed by atoms with Crippen LogP contribution in [0.5, 0.6) is 0 Å². The molecule has 1 amide bonds. The lowest BCUT2D eigenvalue weighted by molar-refractivity contribution is -0.136. The molecule has 0 radical (unpaired) electrons. The summed E-state index contributed by atoms with van der Waals surface area (Å²) in [5, 5.41) is 14.1. The highest BCUT2D eigenvalue weighted by molar-refractivity contribution is 7.91. The highest BCUT2D eigenvalue weighted by Gasteiger charge is 2.55. The average Bonchev–Trinajstić information content (AvgIpc) is 3.54. The van der Waals surface area contributed by atoms with E-state index in [4.69, 9.17) is 4.98 Å². The zero-order valence-corrected chi connectivity index (χ0v) is 18.5. The van der Waals surface area contributed by atoms with Gasteiger partial charge in [0.15, 0.2) is 9.84 Å². The number of aromatic nitrogens is 2. The maximum absolute atomic E-state index is 13.3. The first-order valence-corrected chi connectivity index (χ1v) is 13.5. The average molecular weight is 447 g/mol. The summed E-state index contributed by atoms with van der Waals surface area (Å²) in [4.78, 5) is 24.4. The molecule has 4 bridgehead atoms. The molecule has 1 aromatic rings. The first-order chi connectivity index (χ1) is 14.8. The molecular weight excluding hydrogens is 416 g/mol. The Morgan fingerprint density at radius 1 is 1.13 bits per heavy atom. The molecule has 6 fully saturated rings. The Bertz CT molecular complexity index is 994. The molecule has 1 saturated heterocycles. The van der Waals surface area contributed by atoms with Gasteiger partial charge in [-0.05, 0) is 62.7 Å². The molecule has 2 heterocycles. The molecule has 2 N–H and O–H groups in total. The molecule has 8 nitrogen and oxygen atoms in total. The molecule has 6 aliphatic rings. The minimum Gasteiger partial charge on any atom is -0.390 e. The van der Waals surface area contributed by atoms with Gasteiger partial charge in [-0.3, -0.25) is 4.79 Å². The normalized spacial score (nSPS) is 38.3. The molecule has 0 spiro atoms. The van der Waals surface area contributed by atoms with Gasteiger partial charge in [0.2, 0.25) is 5.95 Å². The van der Waals surface area contributed by atoms with Crippen molar-refractivity contribution in [2.75, 3.05) is 29.5 Å². The summed E-state index contributed by atoms with van der Waals surface area (Å²) in [5.74, 6) is 2.29. The number of aliphatic hydroxyl groups is 1. The van der Waals surface area contributed by atoms with Crippen LogP contribution in [0.15, 0.2) is 6.20 Å². The van der Waals surface area contributed by atoms with Gasteiger partial charge in [0.1, 0.15) is 0 Å². The fourth-order valence-corrected chi connectivity index (χ4v) is 7.94. The first kappa shape index (κ1) is 19.9. The van der Waals surface area contributed by atoms with Crippen LogP contribution < -0.4 is 10.2 Å². The molecule has 1 aromatic heterocycles. The highest BCUT2D eigenvalue weighted by Crippen LogP contribution is 2.55. The van der Waals surface area contributed by atoms with Crippen molar-refractivity contribution >= 4 is 21.7 Å². The Balaban J connectivity index is 1.21. The number of carbonyl (C=O) groups is 1. The Hall–Kier alpha value is -1.74. The fourth-order valence-electron chi connectivity index (χ4n) is 6.74. The van der Waals surface area contributed by atoms with Gasteiger partial charge < -0.3 is 15.3 Å². The molecule has 9 heteroatoms. The Labute approximate surface area is 182 Å². The van der Waals surface area contributed by atoms with Crippen molar-refractivity contribution in [3.05, 3.63) is 17.5 Å². The minimum atomic E-state index is -2.97. The third-order valence-corrected chi connectivity index (χ3v) is 9.79. The molecule has 1 aliphatic heterocycles. The van der Waals surface area contributed by atoms with E-state index in [1.807, 2.05) is 4.90 Å². The van der Waals surface area contributed by atoms with Crippen molar-refractivity contribution in [1.29, 1.82) is 0 Å².